The average Bonchev–Trinajstić information content (AvgIpc) is 3.34. The molecule has 5 heteroatoms. The normalized spacial score (nSPS) is 24.5. The minimum Gasteiger partial charge on any atom is -0.369 e. The second kappa shape index (κ2) is 9.18. The lowest BCUT2D eigenvalue weighted by Crippen LogP contribution is -2.48. The predicted molar refractivity (Wildman–Crippen MR) is 135 cm³/mol. The number of likely N-dealkylation sites (tertiary alicyclic amines) is 2. The lowest BCUT2D eigenvalue weighted by Gasteiger charge is -2.46. The number of carbonyl (C=O) groups excluding carboxylic acids is 2. The van der Waals surface area contributed by atoms with Crippen LogP contribution in [0.25, 0.3) is 0 Å². The van der Waals surface area contributed by atoms with Crippen molar-refractivity contribution in [1.82, 2.24) is 9.80 Å². The van der Waals surface area contributed by atoms with Gasteiger partial charge in [-0.3, -0.25) is 9.59 Å². The van der Waals surface area contributed by atoms with E-state index in [4.69, 9.17) is 5.73 Å². The molecular formula is C29H37N3O2. The highest BCUT2D eigenvalue weighted by atomic mass is 16.2. The van der Waals surface area contributed by atoms with E-state index in [0.717, 1.165) is 75.1 Å². The van der Waals surface area contributed by atoms with Crippen LogP contribution in [0, 0.1) is 31.1 Å². The number of amides is 2. The van der Waals surface area contributed by atoms with Crippen LogP contribution >= 0.6 is 0 Å². The third-order valence-corrected chi connectivity index (χ3v) is 8.88. The molecule has 2 unspecified atom stereocenters. The highest BCUT2D eigenvalue weighted by molar-refractivity contribution is 5.97. The van der Waals surface area contributed by atoms with Crippen LogP contribution in [0.5, 0.6) is 0 Å². The van der Waals surface area contributed by atoms with Crippen LogP contribution in [0.15, 0.2) is 48.5 Å². The molecule has 2 saturated heterocycles. The van der Waals surface area contributed by atoms with E-state index in [0.29, 0.717) is 11.8 Å². The molecule has 0 spiro atoms. The zero-order chi connectivity index (χ0) is 23.9. The number of carbonyl (C=O) groups is 2. The van der Waals surface area contributed by atoms with E-state index in [9.17, 15) is 9.59 Å². The summed E-state index contributed by atoms with van der Waals surface area (Å²) in [6.45, 7) is 8.80. The average molecular weight is 460 g/mol. The van der Waals surface area contributed by atoms with Crippen molar-refractivity contribution in [3.63, 3.8) is 0 Å². The third-order valence-electron chi connectivity index (χ3n) is 8.88. The first-order chi connectivity index (χ1) is 16.4. The van der Waals surface area contributed by atoms with Crippen LogP contribution in [0.2, 0.25) is 0 Å². The standard InChI is InChI=1S/C29H37N3O2/c1-20-8-6-9-21(2)26(20)27(33)32-18-23-16-31(17-24(23)19-32)15-12-25(22-10-4-3-5-11-22)29(28(30)34)13-7-14-29/h3-6,8-11,23-25H,7,12-19H2,1-2H3,(H2,30,34)/t23?,24?,25-/m0/s1. The number of hydrogen-bond acceptors (Lipinski definition) is 3. The maximum atomic E-state index is 13.3. The van der Waals surface area contributed by atoms with E-state index in [2.05, 4.69) is 34.1 Å². The van der Waals surface area contributed by atoms with Gasteiger partial charge in [0.1, 0.15) is 0 Å². The molecule has 1 aliphatic carbocycles. The molecule has 2 amide bonds. The largest absolute Gasteiger partial charge is 0.369 e. The third kappa shape index (κ3) is 4.04. The zero-order valence-corrected chi connectivity index (χ0v) is 20.5. The number of aryl methyl sites for hydroxylation is 2. The Morgan fingerprint density at radius 2 is 1.56 bits per heavy atom. The number of benzene rings is 2. The first-order valence-electron chi connectivity index (χ1n) is 12.8. The molecule has 0 radical (unpaired) electrons. The van der Waals surface area contributed by atoms with E-state index in [1.807, 2.05) is 38.1 Å². The van der Waals surface area contributed by atoms with E-state index in [1.54, 1.807) is 0 Å². The SMILES string of the molecule is Cc1cccc(C)c1C(=O)N1CC2CN(CC[C@@H](c3ccccc3)C3(C(N)=O)CCC3)CC2C1. The summed E-state index contributed by atoms with van der Waals surface area (Å²) in [5.74, 6) is 1.32. The van der Waals surface area contributed by atoms with Gasteiger partial charge < -0.3 is 15.5 Å². The second-order valence-electron chi connectivity index (χ2n) is 10.9. The van der Waals surface area contributed by atoms with E-state index in [-0.39, 0.29) is 23.1 Å². The fourth-order valence-electron chi connectivity index (χ4n) is 6.83. The van der Waals surface area contributed by atoms with Gasteiger partial charge in [-0.25, -0.2) is 0 Å². The van der Waals surface area contributed by atoms with Crippen LogP contribution in [0.4, 0.5) is 0 Å². The summed E-state index contributed by atoms with van der Waals surface area (Å²) in [4.78, 5) is 30.4. The van der Waals surface area contributed by atoms with Gasteiger partial charge in [-0.05, 0) is 74.1 Å². The Labute approximate surface area is 203 Å². The molecule has 5 nitrogen and oxygen atoms in total. The first kappa shape index (κ1) is 23.1. The second-order valence-corrected chi connectivity index (χ2v) is 10.9. The Kier molecular flexibility index (Phi) is 6.24. The van der Waals surface area contributed by atoms with Crippen molar-refractivity contribution in [3.8, 4) is 0 Å². The monoisotopic (exact) mass is 459 g/mol. The number of nitrogens with zero attached hydrogens (tertiary/aromatic N) is 2. The molecule has 0 aromatic heterocycles. The maximum Gasteiger partial charge on any atom is 0.254 e. The van der Waals surface area contributed by atoms with Gasteiger partial charge in [-0.1, -0.05) is 55.0 Å². The van der Waals surface area contributed by atoms with E-state index >= 15 is 0 Å². The van der Waals surface area contributed by atoms with Crippen LogP contribution in [-0.4, -0.2) is 54.3 Å². The Bertz CT molecular complexity index is 1030. The molecule has 3 fully saturated rings. The quantitative estimate of drug-likeness (QED) is 0.677. The summed E-state index contributed by atoms with van der Waals surface area (Å²) >= 11 is 0. The molecule has 2 heterocycles. The van der Waals surface area contributed by atoms with Gasteiger partial charge in [-0.15, -0.1) is 0 Å². The number of rotatable bonds is 7. The lowest BCUT2D eigenvalue weighted by atomic mass is 9.58. The molecule has 2 aromatic rings. The zero-order valence-electron chi connectivity index (χ0n) is 20.5. The minimum absolute atomic E-state index is 0.133. The Morgan fingerprint density at radius 1 is 0.941 bits per heavy atom. The summed E-state index contributed by atoms with van der Waals surface area (Å²) in [5, 5.41) is 0. The summed E-state index contributed by atoms with van der Waals surface area (Å²) in [6, 6.07) is 16.6. The van der Waals surface area contributed by atoms with Gasteiger partial charge in [0.15, 0.2) is 0 Å². The van der Waals surface area contributed by atoms with Crippen molar-refractivity contribution in [2.75, 3.05) is 32.7 Å². The predicted octanol–water partition coefficient (Wildman–Crippen LogP) is 4.14. The highest BCUT2D eigenvalue weighted by Gasteiger charge is 2.50. The summed E-state index contributed by atoms with van der Waals surface area (Å²) in [5.41, 5.74) is 9.82. The maximum absolute atomic E-state index is 13.3. The topological polar surface area (TPSA) is 66.6 Å². The number of fused-ring (bicyclic) bond motifs is 1. The van der Waals surface area contributed by atoms with Crippen LogP contribution in [0.3, 0.4) is 0 Å². The van der Waals surface area contributed by atoms with Gasteiger partial charge in [-0.2, -0.15) is 0 Å². The molecule has 2 N–H and O–H groups in total. The Balaban J connectivity index is 1.22. The number of nitrogens with two attached hydrogens (primary N) is 1. The van der Waals surface area contributed by atoms with E-state index < -0.39 is 0 Å². The van der Waals surface area contributed by atoms with Crippen molar-refractivity contribution in [2.45, 2.75) is 45.4 Å². The van der Waals surface area contributed by atoms with Crippen LogP contribution in [-0.2, 0) is 4.79 Å². The smallest absolute Gasteiger partial charge is 0.254 e. The van der Waals surface area contributed by atoms with Gasteiger partial charge in [0, 0.05) is 31.7 Å². The summed E-state index contributed by atoms with van der Waals surface area (Å²) in [7, 11) is 0. The summed E-state index contributed by atoms with van der Waals surface area (Å²) in [6.07, 6.45) is 3.85. The van der Waals surface area contributed by atoms with E-state index in [1.165, 1.54) is 5.56 Å². The highest BCUT2D eigenvalue weighted by Crippen LogP contribution is 2.53. The van der Waals surface area contributed by atoms with Gasteiger partial charge in [0.25, 0.3) is 5.91 Å². The molecule has 1 saturated carbocycles. The van der Waals surface area contributed by atoms with Crippen molar-refractivity contribution in [1.29, 1.82) is 0 Å². The molecule has 34 heavy (non-hydrogen) atoms. The molecule has 180 valence electrons. The van der Waals surface area contributed by atoms with Crippen LogP contribution in [0.1, 0.15) is 58.6 Å². The molecule has 3 aliphatic rings. The minimum atomic E-state index is -0.383. The Hall–Kier alpha value is -2.66. The molecule has 5 rings (SSSR count). The van der Waals surface area contributed by atoms with Crippen molar-refractivity contribution >= 4 is 11.8 Å². The molecule has 2 aromatic carbocycles. The van der Waals surface area contributed by atoms with Crippen molar-refractivity contribution < 1.29 is 9.59 Å². The number of primary amides is 1. The van der Waals surface area contributed by atoms with Crippen LogP contribution < -0.4 is 5.73 Å². The fourth-order valence-corrected chi connectivity index (χ4v) is 6.83. The fraction of sp³-hybridized carbons (Fsp3) is 0.517. The van der Waals surface area contributed by atoms with Gasteiger partial charge in [0.2, 0.25) is 5.91 Å². The lowest BCUT2D eigenvalue weighted by molar-refractivity contribution is -0.134. The van der Waals surface area contributed by atoms with Gasteiger partial charge in [0.05, 0.1) is 5.41 Å². The molecule has 3 atom stereocenters. The first-order valence-corrected chi connectivity index (χ1v) is 12.8. The number of hydrogen-bond donors (Lipinski definition) is 1. The van der Waals surface area contributed by atoms with Crippen molar-refractivity contribution in [2.24, 2.45) is 23.0 Å². The molecule has 2 aliphatic heterocycles. The Morgan fingerprint density at radius 3 is 2.09 bits per heavy atom. The summed E-state index contributed by atoms with van der Waals surface area (Å²) < 4.78 is 0. The molecular weight excluding hydrogens is 422 g/mol. The van der Waals surface area contributed by atoms with Crippen molar-refractivity contribution in [3.05, 3.63) is 70.8 Å². The molecule has 0 bridgehead atoms. The van der Waals surface area contributed by atoms with Gasteiger partial charge >= 0.3 is 0 Å².